The van der Waals surface area contributed by atoms with Crippen LogP contribution in [0.5, 0.6) is 0 Å². The molecule has 1 fully saturated rings. The molecule has 1 aliphatic carbocycles. The van der Waals surface area contributed by atoms with Crippen LogP contribution >= 0.6 is 0 Å². The lowest BCUT2D eigenvalue weighted by Crippen LogP contribution is -2.40. The van der Waals surface area contributed by atoms with E-state index in [4.69, 9.17) is 0 Å². The molecule has 7 heteroatoms. The van der Waals surface area contributed by atoms with Crippen LogP contribution in [0.15, 0.2) is 30.3 Å². The summed E-state index contributed by atoms with van der Waals surface area (Å²) in [7, 11) is -3.22. The van der Waals surface area contributed by atoms with Crippen molar-refractivity contribution in [2.75, 3.05) is 0 Å². The van der Waals surface area contributed by atoms with E-state index in [1.807, 2.05) is 12.1 Å². The predicted molar refractivity (Wildman–Crippen MR) is 96.2 cm³/mol. The van der Waals surface area contributed by atoms with E-state index in [1.54, 1.807) is 19.9 Å². The van der Waals surface area contributed by atoms with Gasteiger partial charge in [-0.1, -0.05) is 12.1 Å². The number of nitrogens with one attached hydrogen (secondary N) is 2. The second-order valence-corrected chi connectivity index (χ2v) is 9.25. The zero-order valence-electron chi connectivity index (χ0n) is 14.5. The Morgan fingerprint density at radius 3 is 2.56 bits per heavy atom. The van der Waals surface area contributed by atoms with Crippen molar-refractivity contribution in [3.8, 4) is 11.3 Å². The fourth-order valence-corrected chi connectivity index (χ4v) is 4.20. The standard InChI is InChI=1S/C18H24FN3O2S/c1-12(2)25(23,24)22-16-8-6-13(7-9-16)17-11-18(21-20-17)14-4-3-5-15(19)10-14/h3-5,10-13,16,22H,6-9H2,1-2H3,(H,20,21). The highest BCUT2D eigenvalue weighted by Crippen LogP contribution is 2.33. The Hall–Kier alpha value is -1.73. The Morgan fingerprint density at radius 2 is 1.92 bits per heavy atom. The first-order valence-corrected chi connectivity index (χ1v) is 10.2. The van der Waals surface area contributed by atoms with Crippen LogP contribution in [0.2, 0.25) is 0 Å². The lowest BCUT2D eigenvalue weighted by molar-refractivity contribution is 0.369. The minimum Gasteiger partial charge on any atom is -0.282 e. The molecule has 3 rings (SSSR count). The van der Waals surface area contributed by atoms with E-state index in [-0.39, 0.29) is 11.9 Å². The van der Waals surface area contributed by atoms with Gasteiger partial charge in [-0.25, -0.2) is 17.5 Å². The normalized spacial score (nSPS) is 21.6. The lowest BCUT2D eigenvalue weighted by atomic mass is 9.84. The first-order valence-electron chi connectivity index (χ1n) is 8.67. The Labute approximate surface area is 148 Å². The number of rotatable bonds is 5. The van der Waals surface area contributed by atoms with E-state index in [0.29, 0.717) is 5.92 Å². The summed E-state index contributed by atoms with van der Waals surface area (Å²) in [5.74, 6) is 0.0506. The van der Waals surface area contributed by atoms with E-state index in [0.717, 1.165) is 42.6 Å². The fraction of sp³-hybridized carbons (Fsp3) is 0.500. The number of H-pyrrole nitrogens is 1. The Balaban J connectivity index is 1.62. The Kier molecular flexibility index (Phi) is 5.24. The second kappa shape index (κ2) is 7.25. The van der Waals surface area contributed by atoms with Crippen molar-refractivity contribution in [3.63, 3.8) is 0 Å². The highest BCUT2D eigenvalue weighted by molar-refractivity contribution is 7.90. The predicted octanol–water partition coefficient (Wildman–Crippen LogP) is 3.57. The third-order valence-electron chi connectivity index (χ3n) is 4.84. The molecule has 0 bridgehead atoms. The largest absolute Gasteiger partial charge is 0.282 e. The molecular weight excluding hydrogens is 341 g/mol. The van der Waals surface area contributed by atoms with Gasteiger partial charge in [-0.05, 0) is 57.7 Å². The van der Waals surface area contributed by atoms with Crippen LogP contribution in [0.3, 0.4) is 0 Å². The number of benzene rings is 1. The van der Waals surface area contributed by atoms with E-state index in [1.165, 1.54) is 12.1 Å². The molecule has 2 aromatic rings. The molecule has 0 saturated heterocycles. The van der Waals surface area contributed by atoms with Crippen molar-refractivity contribution in [2.24, 2.45) is 0 Å². The van der Waals surface area contributed by atoms with Gasteiger partial charge >= 0.3 is 0 Å². The van der Waals surface area contributed by atoms with Crippen molar-refractivity contribution in [3.05, 3.63) is 41.8 Å². The first kappa shape index (κ1) is 18.1. The summed E-state index contributed by atoms with van der Waals surface area (Å²) in [6, 6.07) is 8.37. The maximum atomic E-state index is 13.4. The van der Waals surface area contributed by atoms with Gasteiger partial charge < -0.3 is 0 Å². The number of hydrogen-bond donors (Lipinski definition) is 2. The maximum Gasteiger partial charge on any atom is 0.214 e. The van der Waals surface area contributed by atoms with E-state index in [2.05, 4.69) is 14.9 Å². The van der Waals surface area contributed by atoms with Gasteiger partial charge in [0.1, 0.15) is 5.82 Å². The Bertz CT molecular complexity index is 824. The summed E-state index contributed by atoms with van der Waals surface area (Å²) in [4.78, 5) is 0. The van der Waals surface area contributed by atoms with Gasteiger partial charge in [0.05, 0.1) is 10.9 Å². The Morgan fingerprint density at radius 1 is 1.20 bits per heavy atom. The molecule has 1 heterocycles. The van der Waals surface area contributed by atoms with Gasteiger partial charge in [-0.2, -0.15) is 5.10 Å². The summed E-state index contributed by atoms with van der Waals surface area (Å²) in [6.45, 7) is 3.37. The average molecular weight is 365 g/mol. The maximum absolute atomic E-state index is 13.4. The molecular formula is C18H24FN3O2S. The highest BCUT2D eigenvalue weighted by Gasteiger charge is 2.27. The first-order chi connectivity index (χ1) is 11.8. The average Bonchev–Trinajstić information content (AvgIpc) is 3.05. The summed E-state index contributed by atoms with van der Waals surface area (Å²) < 4.78 is 40.1. The zero-order valence-corrected chi connectivity index (χ0v) is 15.3. The van der Waals surface area contributed by atoms with Crippen molar-refractivity contribution in [1.29, 1.82) is 0 Å². The van der Waals surface area contributed by atoms with Gasteiger partial charge in [-0.15, -0.1) is 0 Å². The smallest absolute Gasteiger partial charge is 0.214 e. The number of hydrogen-bond acceptors (Lipinski definition) is 3. The van der Waals surface area contributed by atoms with Crippen molar-refractivity contribution in [1.82, 2.24) is 14.9 Å². The van der Waals surface area contributed by atoms with E-state index in [9.17, 15) is 12.8 Å². The molecule has 25 heavy (non-hydrogen) atoms. The van der Waals surface area contributed by atoms with Crippen LogP contribution in [0, 0.1) is 5.82 Å². The number of halogens is 1. The molecule has 136 valence electrons. The van der Waals surface area contributed by atoms with E-state index < -0.39 is 15.3 Å². The molecule has 0 amide bonds. The molecule has 0 radical (unpaired) electrons. The third kappa shape index (κ3) is 4.27. The highest BCUT2D eigenvalue weighted by atomic mass is 32.2. The second-order valence-electron chi connectivity index (χ2n) is 6.98. The third-order valence-corrected chi connectivity index (χ3v) is 6.74. The van der Waals surface area contributed by atoms with Gasteiger partial charge in [0.15, 0.2) is 0 Å². The van der Waals surface area contributed by atoms with Gasteiger partial charge in [0.2, 0.25) is 10.0 Å². The zero-order chi connectivity index (χ0) is 18.0. The molecule has 0 atom stereocenters. The van der Waals surface area contributed by atoms with Gasteiger partial charge in [0.25, 0.3) is 0 Å². The minimum atomic E-state index is -3.22. The van der Waals surface area contributed by atoms with Crippen molar-refractivity contribution < 1.29 is 12.8 Å². The van der Waals surface area contributed by atoms with Crippen LogP contribution < -0.4 is 4.72 Å². The van der Waals surface area contributed by atoms with Crippen molar-refractivity contribution >= 4 is 10.0 Å². The quantitative estimate of drug-likeness (QED) is 0.850. The number of aromatic nitrogens is 2. The fourth-order valence-electron chi connectivity index (χ4n) is 3.23. The molecule has 0 spiro atoms. The van der Waals surface area contributed by atoms with Crippen LogP contribution in [0.1, 0.15) is 51.1 Å². The van der Waals surface area contributed by atoms with Gasteiger partial charge in [0, 0.05) is 23.2 Å². The summed E-state index contributed by atoms with van der Waals surface area (Å²) in [6.07, 6.45) is 3.42. The van der Waals surface area contributed by atoms with Crippen LogP contribution in [0.25, 0.3) is 11.3 Å². The molecule has 1 aliphatic rings. The number of sulfonamides is 1. The molecule has 0 aliphatic heterocycles. The summed E-state index contributed by atoms with van der Waals surface area (Å²) in [5.41, 5.74) is 2.52. The van der Waals surface area contributed by atoms with Crippen LogP contribution in [0.4, 0.5) is 4.39 Å². The molecule has 5 nitrogen and oxygen atoms in total. The molecule has 2 N–H and O–H groups in total. The van der Waals surface area contributed by atoms with E-state index >= 15 is 0 Å². The van der Waals surface area contributed by atoms with Crippen LogP contribution in [-0.2, 0) is 10.0 Å². The summed E-state index contributed by atoms with van der Waals surface area (Å²) >= 11 is 0. The molecule has 1 saturated carbocycles. The molecule has 1 aromatic carbocycles. The monoisotopic (exact) mass is 365 g/mol. The van der Waals surface area contributed by atoms with Gasteiger partial charge in [-0.3, -0.25) is 5.10 Å². The minimum absolute atomic E-state index is 0.00858. The van der Waals surface area contributed by atoms with Crippen LogP contribution in [-0.4, -0.2) is 29.9 Å². The number of aromatic amines is 1. The topological polar surface area (TPSA) is 74.8 Å². The molecule has 1 aromatic heterocycles. The number of nitrogens with zero attached hydrogens (tertiary/aromatic N) is 1. The lowest BCUT2D eigenvalue weighted by Gasteiger charge is -2.28. The summed E-state index contributed by atoms with van der Waals surface area (Å²) in [5, 5.41) is 6.95. The molecule has 0 unspecified atom stereocenters. The SMILES string of the molecule is CC(C)S(=O)(=O)NC1CCC(c2cc(-c3cccc(F)c3)n[nH]2)CC1. The van der Waals surface area contributed by atoms with Crippen molar-refractivity contribution in [2.45, 2.75) is 56.7 Å².